The van der Waals surface area contributed by atoms with E-state index in [1.54, 1.807) is 12.5 Å². The molecule has 0 N–H and O–H groups in total. The first-order valence-electron chi connectivity index (χ1n) is 16.5. The average molecular weight is 837 g/mol. The number of rotatable bonds is 4. The molecular weight excluding hydrogens is 799 g/mol. The Hall–Kier alpha value is -4.70. The van der Waals surface area contributed by atoms with E-state index in [4.69, 9.17) is 8.83 Å². The van der Waals surface area contributed by atoms with Crippen LogP contribution in [0.4, 0.5) is 0 Å². The molecule has 0 aliphatic rings. The monoisotopic (exact) mass is 834 g/mol. The molecule has 10 aromatic rings. The largest absolute Gasteiger partial charge is 0.499 e. The third-order valence-corrected chi connectivity index (χ3v) is 9.27. The Balaban J connectivity index is 0.000000215. The maximum absolute atomic E-state index is 5.56. The SMILES string of the molecule is Cl.Cl.[CH3-].[CH3-].[Si]=[Zr].c1coc(-c2cc3c(-c4cccc5ccccc45)cccc3[cH-]2)c1.c1coc(-c2cc3c(-c4cccc5ccccc45)cccc3[cH-]2)c1. The predicted octanol–water partition coefficient (Wildman–Crippen LogP) is 14.6. The Morgan fingerprint density at radius 3 is 1.13 bits per heavy atom. The molecular formula is C48H38Cl2O2SiZr-4. The molecule has 268 valence electrons. The normalized spacial score (nSPS) is 10.1. The van der Waals surface area contributed by atoms with Crippen molar-refractivity contribution in [2.24, 2.45) is 0 Å². The van der Waals surface area contributed by atoms with E-state index in [2.05, 4.69) is 152 Å². The number of fused-ring (bicyclic) bond motifs is 4. The summed E-state index contributed by atoms with van der Waals surface area (Å²) in [5, 5.41) is 10.1. The fraction of sp³-hybridized carbons (Fsp3) is 0. The average Bonchev–Trinajstić information content (AvgIpc) is 4.02. The van der Waals surface area contributed by atoms with Gasteiger partial charge in [0.05, 0.1) is 24.0 Å². The molecule has 6 heteroatoms. The molecule has 10 rings (SSSR count). The molecule has 2 heterocycles. The van der Waals surface area contributed by atoms with Crippen LogP contribution in [0.25, 0.3) is 88.0 Å². The Labute approximate surface area is 346 Å². The van der Waals surface area contributed by atoms with Gasteiger partial charge in [-0.2, -0.15) is 0 Å². The summed E-state index contributed by atoms with van der Waals surface area (Å²) in [6, 6.07) is 59.8. The number of hydrogen-bond donors (Lipinski definition) is 0. The maximum atomic E-state index is 5.56. The molecule has 2 aromatic heterocycles. The van der Waals surface area contributed by atoms with Crippen molar-refractivity contribution in [2.45, 2.75) is 0 Å². The van der Waals surface area contributed by atoms with Gasteiger partial charge in [0.2, 0.25) is 0 Å². The Kier molecular flexibility index (Phi) is 14.8. The number of halogens is 2. The Morgan fingerprint density at radius 1 is 0.389 bits per heavy atom. The quantitative estimate of drug-likeness (QED) is 0.130. The molecule has 54 heavy (non-hydrogen) atoms. The van der Waals surface area contributed by atoms with Gasteiger partial charge in [0.1, 0.15) is 0 Å². The molecule has 0 amide bonds. The molecule has 0 aliphatic carbocycles. The van der Waals surface area contributed by atoms with Crippen LogP contribution >= 0.6 is 24.8 Å². The van der Waals surface area contributed by atoms with Crippen molar-refractivity contribution in [3.63, 3.8) is 0 Å². The molecule has 2 nitrogen and oxygen atoms in total. The first-order valence-corrected chi connectivity index (χ1v) is 20.7. The zero-order valence-electron chi connectivity index (χ0n) is 30.0. The van der Waals surface area contributed by atoms with Crippen LogP contribution in [-0.4, -0.2) is 6.88 Å². The van der Waals surface area contributed by atoms with E-state index in [1.807, 2.05) is 24.3 Å². The van der Waals surface area contributed by atoms with Crippen LogP contribution in [0, 0.1) is 14.9 Å². The smallest absolute Gasteiger partial charge is 0.0796 e. The van der Waals surface area contributed by atoms with Crippen LogP contribution in [0.15, 0.2) is 191 Å². The fourth-order valence-corrected chi connectivity index (χ4v) is 7.03. The van der Waals surface area contributed by atoms with Crippen LogP contribution in [0.3, 0.4) is 0 Å². The number of hydrogen-bond acceptors (Lipinski definition) is 2. The molecule has 0 atom stereocenters. The summed E-state index contributed by atoms with van der Waals surface area (Å²) in [7, 11) is 0. The van der Waals surface area contributed by atoms with Crippen molar-refractivity contribution in [1.29, 1.82) is 0 Å². The molecule has 0 fully saturated rings. The second kappa shape index (κ2) is 19.1. The summed E-state index contributed by atoms with van der Waals surface area (Å²) in [6.07, 6.45) is 3.44. The summed E-state index contributed by atoms with van der Waals surface area (Å²) < 4.78 is 11.1. The summed E-state index contributed by atoms with van der Waals surface area (Å²) >= 11 is 1.36. The van der Waals surface area contributed by atoms with Gasteiger partial charge in [-0.05, 0) is 44.8 Å². The van der Waals surface area contributed by atoms with Crippen LogP contribution in [-0.2, 0) is 23.3 Å². The second-order valence-corrected chi connectivity index (χ2v) is 12.1. The topological polar surface area (TPSA) is 26.3 Å². The van der Waals surface area contributed by atoms with E-state index >= 15 is 0 Å². The van der Waals surface area contributed by atoms with Gasteiger partial charge in [-0.25, -0.2) is 0 Å². The molecule has 0 bridgehead atoms. The van der Waals surface area contributed by atoms with Crippen molar-refractivity contribution in [2.75, 3.05) is 0 Å². The van der Waals surface area contributed by atoms with Crippen LogP contribution in [0.1, 0.15) is 0 Å². The minimum Gasteiger partial charge on any atom is -0.499 e. The van der Waals surface area contributed by atoms with Gasteiger partial charge in [0.25, 0.3) is 0 Å². The van der Waals surface area contributed by atoms with Crippen molar-refractivity contribution in [1.82, 2.24) is 0 Å². The van der Waals surface area contributed by atoms with Crippen molar-refractivity contribution in [3.05, 3.63) is 197 Å². The van der Waals surface area contributed by atoms with Crippen LogP contribution in [0.5, 0.6) is 0 Å². The van der Waals surface area contributed by atoms with E-state index in [-0.39, 0.29) is 39.7 Å². The first kappa shape index (κ1) is 42.0. The molecule has 2 radical (unpaired) electrons. The van der Waals surface area contributed by atoms with Gasteiger partial charge in [-0.15, -0.1) is 82.8 Å². The molecule has 8 aromatic carbocycles. The van der Waals surface area contributed by atoms with Crippen molar-refractivity contribution < 1.29 is 32.2 Å². The maximum Gasteiger partial charge on any atom is 0.0796 e. The van der Waals surface area contributed by atoms with Crippen LogP contribution in [0.2, 0.25) is 0 Å². The third-order valence-electron chi connectivity index (χ3n) is 9.27. The second-order valence-electron chi connectivity index (χ2n) is 12.1. The van der Waals surface area contributed by atoms with E-state index in [0.29, 0.717) is 0 Å². The zero-order chi connectivity index (χ0) is 33.9. The van der Waals surface area contributed by atoms with E-state index in [1.165, 1.54) is 88.7 Å². The van der Waals surface area contributed by atoms with Gasteiger partial charge in [0, 0.05) is 0 Å². The molecule has 0 spiro atoms. The molecule has 0 saturated carbocycles. The zero-order valence-corrected chi connectivity index (χ0v) is 35.0. The van der Waals surface area contributed by atoms with Crippen LogP contribution < -0.4 is 0 Å². The molecule has 0 unspecified atom stereocenters. The molecule has 0 aliphatic heterocycles. The standard InChI is InChI=1S/2C23H15O.2CH3.2ClH.Si.Zr/c2*1-2-9-19-16(6-1)7-3-10-20(19)21-11-4-8-17-14-18(15-22(17)21)23-12-5-13-24-23;;;;;;/h2*1-15H;2*1H3;2*1H;;/q4*-1;;;;. The van der Waals surface area contributed by atoms with Gasteiger partial charge in [0.15, 0.2) is 0 Å². The summed E-state index contributed by atoms with van der Waals surface area (Å²) in [6.45, 7) is 3.06. The summed E-state index contributed by atoms with van der Waals surface area (Å²) in [4.78, 5) is 0. The molecule has 0 saturated heterocycles. The summed E-state index contributed by atoms with van der Waals surface area (Å²) in [5.74, 6) is 1.82. The minimum absolute atomic E-state index is 0. The first-order chi connectivity index (χ1) is 24.8. The summed E-state index contributed by atoms with van der Waals surface area (Å²) in [5.41, 5.74) is 7.33. The van der Waals surface area contributed by atoms with E-state index in [0.717, 1.165) is 22.6 Å². The van der Waals surface area contributed by atoms with E-state index < -0.39 is 0 Å². The predicted molar refractivity (Wildman–Crippen MR) is 233 cm³/mol. The van der Waals surface area contributed by atoms with Crippen molar-refractivity contribution >= 4 is 74.8 Å². The van der Waals surface area contributed by atoms with Crippen molar-refractivity contribution in [3.8, 4) is 44.9 Å². The number of benzene rings is 6. The fourth-order valence-electron chi connectivity index (χ4n) is 7.03. The van der Waals surface area contributed by atoms with Gasteiger partial charge in [-0.1, -0.05) is 144 Å². The van der Waals surface area contributed by atoms with Gasteiger partial charge in [-0.3, -0.25) is 0 Å². The Morgan fingerprint density at radius 2 is 0.741 bits per heavy atom. The minimum atomic E-state index is 0. The third kappa shape index (κ3) is 8.19. The van der Waals surface area contributed by atoms with Gasteiger partial charge >= 0.3 is 30.2 Å². The van der Waals surface area contributed by atoms with Gasteiger partial charge < -0.3 is 23.7 Å². The number of furan rings is 2. The van der Waals surface area contributed by atoms with E-state index in [9.17, 15) is 0 Å². The Bertz CT molecular complexity index is 2510.